The van der Waals surface area contributed by atoms with Gasteiger partial charge in [0.1, 0.15) is 6.10 Å². The first-order valence-corrected chi connectivity index (χ1v) is 14.7. The predicted octanol–water partition coefficient (Wildman–Crippen LogP) is 5.97. The summed E-state index contributed by atoms with van der Waals surface area (Å²) >= 11 is 0. The Morgan fingerprint density at radius 2 is 0.972 bits per heavy atom. The normalized spacial score (nSPS) is 12.5. The topological polar surface area (TPSA) is 29.5 Å². The second-order valence-corrected chi connectivity index (χ2v) is 13.8. The van der Waals surface area contributed by atoms with Gasteiger partial charge in [0.25, 0.3) is 5.91 Å². The predicted molar refractivity (Wildman–Crippen MR) is 155 cm³/mol. The Morgan fingerprint density at radius 3 is 1.31 bits per heavy atom. The highest BCUT2D eigenvalue weighted by molar-refractivity contribution is 7.71. The SMILES string of the molecule is CN(C(=O)[C@H](OP(c1ccccc1)c1ccccc1)C(C)(C)C)P(c1ccccc1)c1ccccc1. The van der Waals surface area contributed by atoms with Gasteiger partial charge < -0.3 is 9.19 Å². The van der Waals surface area contributed by atoms with Crippen LogP contribution in [0.2, 0.25) is 0 Å². The van der Waals surface area contributed by atoms with E-state index in [1.807, 2.05) is 84.5 Å². The van der Waals surface area contributed by atoms with E-state index < -0.39 is 27.7 Å². The Bertz CT molecular complexity index is 1150. The van der Waals surface area contributed by atoms with Crippen LogP contribution in [-0.2, 0) is 9.32 Å². The third-order valence-electron chi connectivity index (χ3n) is 5.82. The molecule has 0 bridgehead atoms. The molecule has 4 rings (SSSR count). The Hall–Kier alpha value is -2.83. The molecule has 0 aliphatic heterocycles. The first-order chi connectivity index (χ1) is 17.4. The highest BCUT2D eigenvalue weighted by atomic mass is 31.1. The first kappa shape index (κ1) is 26.2. The molecular formula is C31H33NO2P2. The summed E-state index contributed by atoms with van der Waals surface area (Å²) in [5, 5.41) is 4.46. The monoisotopic (exact) mass is 513 g/mol. The van der Waals surface area contributed by atoms with Crippen molar-refractivity contribution in [2.75, 3.05) is 7.05 Å². The summed E-state index contributed by atoms with van der Waals surface area (Å²) < 4.78 is 8.79. The zero-order chi connectivity index (χ0) is 25.5. The summed E-state index contributed by atoms with van der Waals surface area (Å²) in [6.45, 7) is 6.25. The Morgan fingerprint density at radius 1 is 0.639 bits per heavy atom. The van der Waals surface area contributed by atoms with E-state index in [-0.39, 0.29) is 5.91 Å². The molecule has 0 unspecified atom stereocenters. The van der Waals surface area contributed by atoms with Crippen molar-refractivity contribution in [3.63, 3.8) is 0 Å². The van der Waals surface area contributed by atoms with Crippen molar-refractivity contribution in [2.45, 2.75) is 26.9 Å². The van der Waals surface area contributed by atoms with E-state index in [2.05, 4.69) is 69.3 Å². The standard InChI is InChI=1S/C31H33NO2P2/c1-31(2,3)29(34-36(27-21-13-7-14-22-27)28-23-15-8-16-24-28)30(33)32(4)35(25-17-9-5-10-18-25)26-19-11-6-12-20-26/h5-24,29H,1-4H3/t29-/m0/s1. The molecule has 0 heterocycles. The van der Waals surface area contributed by atoms with Crippen molar-refractivity contribution in [3.05, 3.63) is 121 Å². The third-order valence-corrected chi connectivity index (χ3v) is 10.2. The molecular weight excluding hydrogens is 480 g/mol. The smallest absolute Gasteiger partial charge is 0.256 e. The van der Waals surface area contributed by atoms with Gasteiger partial charge in [0, 0.05) is 28.3 Å². The second kappa shape index (κ2) is 11.9. The minimum absolute atomic E-state index is 0.000629. The van der Waals surface area contributed by atoms with Crippen LogP contribution in [-0.4, -0.2) is 23.7 Å². The number of likely N-dealkylation sites (N-methyl/N-ethyl adjacent to an activating group) is 1. The van der Waals surface area contributed by atoms with Crippen LogP contribution in [0.15, 0.2) is 121 Å². The fourth-order valence-corrected chi connectivity index (χ4v) is 8.23. The van der Waals surface area contributed by atoms with Gasteiger partial charge in [-0.2, -0.15) is 0 Å². The maximum absolute atomic E-state index is 14.3. The number of hydrogen-bond acceptors (Lipinski definition) is 2. The van der Waals surface area contributed by atoms with Crippen molar-refractivity contribution >= 4 is 43.3 Å². The van der Waals surface area contributed by atoms with Crippen molar-refractivity contribution < 1.29 is 9.32 Å². The molecule has 4 aromatic rings. The molecule has 0 saturated heterocycles. The minimum atomic E-state index is -1.18. The highest BCUT2D eigenvalue weighted by Crippen LogP contribution is 2.44. The van der Waals surface area contributed by atoms with Gasteiger partial charge in [0.05, 0.1) is 16.2 Å². The summed E-state index contributed by atoms with van der Waals surface area (Å²) in [5.41, 5.74) is -0.399. The third kappa shape index (κ3) is 6.29. The number of rotatable bonds is 8. The van der Waals surface area contributed by atoms with E-state index in [4.69, 9.17) is 4.52 Å². The fraction of sp³-hybridized carbons (Fsp3) is 0.194. The van der Waals surface area contributed by atoms with E-state index in [1.165, 1.54) is 0 Å². The number of amides is 1. The van der Waals surface area contributed by atoms with Gasteiger partial charge >= 0.3 is 0 Å². The van der Waals surface area contributed by atoms with Crippen molar-refractivity contribution in [3.8, 4) is 0 Å². The average Bonchev–Trinajstić information content (AvgIpc) is 2.90. The molecule has 5 heteroatoms. The first-order valence-electron chi connectivity index (χ1n) is 12.1. The Labute approximate surface area is 217 Å². The molecule has 1 amide bonds. The second-order valence-electron chi connectivity index (χ2n) is 9.66. The Kier molecular flexibility index (Phi) is 8.70. The van der Waals surface area contributed by atoms with Gasteiger partial charge in [0.2, 0.25) is 0 Å². The van der Waals surface area contributed by atoms with Crippen LogP contribution in [0.3, 0.4) is 0 Å². The fourth-order valence-electron chi connectivity index (χ4n) is 3.98. The van der Waals surface area contributed by atoms with E-state index in [0.29, 0.717) is 0 Å². The van der Waals surface area contributed by atoms with E-state index in [0.717, 1.165) is 21.2 Å². The summed E-state index contributed by atoms with van der Waals surface area (Å²) in [7, 11) is -0.313. The summed E-state index contributed by atoms with van der Waals surface area (Å²) in [6, 6.07) is 41.1. The van der Waals surface area contributed by atoms with E-state index in [9.17, 15) is 4.79 Å². The molecule has 0 spiro atoms. The van der Waals surface area contributed by atoms with Crippen LogP contribution in [0, 0.1) is 5.41 Å². The van der Waals surface area contributed by atoms with Gasteiger partial charge in [-0.05, 0) is 5.41 Å². The molecule has 3 nitrogen and oxygen atoms in total. The van der Waals surface area contributed by atoms with Crippen LogP contribution < -0.4 is 21.2 Å². The molecule has 0 N–H and O–H groups in total. The summed E-state index contributed by atoms with van der Waals surface area (Å²) in [4.78, 5) is 14.3. The number of hydrogen-bond donors (Lipinski definition) is 0. The molecule has 0 radical (unpaired) electrons. The lowest BCUT2D eigenvalue weighted by Gasteiger charge is -2.38. The number of benzene rings is 4. The highest BCUT2D eigenvalue weighted by Gasteiger charge is 2.39. The molecule has 0 aromatic heterocycles. The van der Waals surface area contributed by atoms with Crippen molar-refractivity contribution in [2.24, 2.45) is 5.41 Å². The number of carbonyl (C=O) groups excluding carboxylic acids is 1. The maximum atomic E-state index is 14.3. The van der Waals surface area contributed by atoms with Gasteiger partial charge in [0.15, 0.2) is 0 Å². The lowest BCUT2D eigenvalue weighted by molar-refractivity contribution is -0.136. The molecule has 184 valence electrons. The quantitative estimate of drug-likeness (QED) is 0.272. The van der Waals surface area contributed by atoms with Crippen molar-refractivity contribution in [1.82, 2.24) is 4.67 Å². The average molecular weight is 514 g/mol. The lowest BCUT2D eigenvalue weighted by Crippen LogP contribution is -2.45. The zero-order valence-corrected chi connectivity index (χ0v) is 23.1. The van der Waals surface area contributed by atoms with Gasteiger partial charge in [-0.25, -0.2) is 0 Å². The maximum Gasteiger partial charge on any atom is 0.256 e. The molecule has 0 fully saturated rings. The van der Waals surface area contributed by atoms with Crippen LogP contribution in [0.5, 0.6) is 0 Å². The number of nitrogens with zero attached hydrogens (tertiary/aromatic N) is 1. The zero-order valence-electron chi connectivity index (χ0n) is 21.3. The van der Waals surface area contributed by atoms with Gasteiger partial charge in [-0.15, -0.1) is 0 Å². The van der Waals surface area contributed by atoms with Crippen molar-refractivity contribution in [1.29, 1.82) is 0 Å². The van der Waals surface area contributed by atoms with E-state index in [1.54, 1.807) is 0 Å². The lowest BCUT2D eigenvalue weighted by atomic mass is 9.89. The molecule has 1 atom stereocenters. The number of carbonyl (C=O) groups is 1. The van der Waals surface area contributed by atoms with Gasteiger partial charge in [-0.3, -0.25) is 4.79 Å². The van der Waals surface area contributed by atoms with E-state index >= 15 is 0 Å². The molecule has 0 saturated carbocycles. The molecule has 0 aliphatic carbocycles. The van der Waals surface area contributed by atoms with Crippen LogP contribution in [0.1, 0.15) is 20.8 Å². The molecule has 36 heavy (non-hydrogen) atoms. The summed E-state index contributed by atoms with van der Waals surface area (Å²) in [6.07, 6.45) is -0.619. The van der Waals surface area contributed by atoms with Gasteiger partial charge in [-0.1, -0.05) is 142 Å². The molecule has 4 aromatic carbocycles. The summed E-state index contributed by atoms with van der Waals surface area (Å²) in [5.74, 6) is 0.000629. The van der Waals surface area contributed by atoms with Crippen LogP contribution in [0.25, 0.3) is 0 Å². The molecule has 0 aliphatic rings. The van der Waals surface area contributed by atoms with Crippen LogP contribution in [0.4, 0.5) is 0 Å². The van der Waals surface area contributed by atoms with Crippen LogP contribution >= 0.6 is 16.2 Å². The minimum Gasteiger partial charge on any atom is -0.336 e. The largest absolute Gasteiger partial charge is 0.336 e. The Balaban J connectivity index is 1.72.